The molecule has 0 bridgehead atoms. The van der Waals surface area contributed by atoms with Crippen LogP contribution in [0, 0.1) is 11.8 Å². The Labute approximate surface area is 147 Å². The van der Waals surface area contributed by atoms with Gasteiger partial charge in [-0.3, -0.25) is 0 Å². The average Bonchev–Trinajstić information content (AvgIpc) is 2.65. The first-order chi connectivity index (χ1) is 12.1. The Balaban J connectivity index is 1.73. The monoisotopic (exact) mass is 340 g/mol. The van der Waals surface area contributed by atoms with Gasteiger partial charge in [-0.1, -0.05) is 36.4 Å². The van der Waals surface area contributed by atoms with Gasteiger partial charge in [-0.15, -0.1) is 0 Å². The lowest BCUT2D eigenvalue weighted by Gasteiger charge is -2.09. The first-order valence-corrected chi connectivity index (χ1v) is 8.01. The van der Waals surface area contributed by atoms with E-state index in [1.807, 2.05) is 36.4 Å². The zero-order valence-corrected chi connectivity index (χ0v) is 14.1. The molecule has 5 heteroatoms. The Kier molecular flexibility index (Phi) is 7.48. The van der Waals surface area contributed by atoms with Crippen molar-refractivity contribution < 1.29 is 23.8 Å². The zero-order valence-electron chi connectivity index (χ0n) is 14.1. The van der Waals surface area contributed by atoms with E-state index in [1.54, 1.807) is 13.0 Å². The third-order valence-corrected chi connectivity index (χ3v) is 3.25. The van der Waals surface area contributed by atoms with Crippen LogP contribution < -0.4 is 0 Å². The highest BCUT2D eigenvalue weighted by molar-refractivity contribution is 5.88. The molecule has 1 aliphatic rings. The summed E-state index contributed by atoms with van der Waals surface area (Å²) < 4.78 is 15.4. The molecule has 0 fully saturated rings. The molecule has 1 aromatic rings. The van der Waals surface area contributed by atoms with Crippen LogP contribution in [0.2, 0.25) is 0 Å². The van der Waals surface area contributed by atoms with Gasteiger partial charge in [0.25, 0.3) is 0 Å². The number of esters is 2. The lowest BCUT2D eigenvalue weighted by molar-refractivity contribution is -0.140. The first kappa shape index (κ1) is 18.5. The Morgan fingerprint density at radius 3 is 2.84 bits per heavy atom. The SMILES string of the molecule is C[C@H](C#CC(=O)OCc1ccccc1)OC(=O)/C=C/C1=CCCOC1. The molecule has 0 amide bonds. The normalized spacial score (nSPS) is 14.8. The summed E-state index contributed by atoms with van der Waals surface area (Å²) in [5, 5.41) is 0. The molecule has 0 N–H and O–H groups in total. The zero-order chi connectivity index (χ0) is 17.9. The predicted octanol–water partition coefficient (Wildman–Crippen LogP) is 2.57. The number of hydrogen-bond donors (Lipinski definition) is 0. The fraction of sp³-hybridized carbons (Fsp3) is 0.300. The second-order valence-corrected chi connectivity index (χ2v) is 5.36. The number of carbonyl (C=O) groups is 2. The number of hydrogen-bond acceptors (Lipinski definition) is 5. The van der Waals surface area contributed by atoms with Gasteiger partial charge in [-0.25, -0.2) is 9.59 Å². The van der Waals surface area contributed by atoms with Crippen LogP contribution in [0.1, 0.15) is 18.9 Å². The molecular formula is C20H20O5. The van der Waals surface area contributed by atoms with E-state index in [2.05, 4.69) is 11.8 Å². The minimum absolute atomic E-state index is 0.155. The Morgan fingerprint density at radius 2 is 2.12 bits per heavy atom. The van der Waals surface area contributed by atoms with Crippen molar-refractivity contribution in [1.82, 2.24) is 0 Å². The maximum atomic E-state index is 11.7. The van der Waals surface area contributed by atoms with Gasteiger partial charge in [0.1, 0.15) is 6.61 Å². The molecular weight excluding hydrogens is 320 g/mol. The van der Waals surface area contributed by atoms with Crippen LogP contribution in [0.15, 0.2) is 54.1 Å². The van der Waals surface area contributed by atoms with Crippen LogP contribution in [0.25, 0.3) is 0 Å². The standard InChI is InChI=1S/C20H20O5/c1-16(25-20(22)12-10-18-8-5-13-23-14-18)9-11-19(21)24-15-17-6-3-2-4-7-17/h2-4,6-8,10,12,16H,5,13-15H2,1H3/b12-10+/t16-/m1/s1. The summed E-state index contributed by atoms with van der Waals surface area (Å²) in [5.74, 6) is 3.68. The molecule has 0 aromatic heterocycles. The molecule has 5 nitrogen and oxygen atoms in total. The van der Waals surface area contributed by atoms with Crippen molar-refractivity contribution in [3.05, 3.63) is 59.7 Å². The first-order valence-electron chi connectivity index (χ1n) is 8.01. The predicted molar refractivity (Wildman–Crippen MR) is 92.2 cm³/mol. The van der Waals surface area contributed by atoms with E-state index in [-0.39, 0.29) is 6.61 Å². The molecule has 0 aliphatic carbocycles. The average molecular weight is 340 g/mol. The van der Waals surface area contributed by atoms with Gasteiger partial charge in [0, 0.05) is 12.0 Å². The lowest BCUT2D eigenvalue weighted by atomic mass is 10.2. The molecule has 0 radical (unpaired) electrons. The summed E-state index contributed by atoms with van der Waals surface area (Å²) in [4.78, 5) is 23.3. The van der Waals surface area contributed by atoms with E-state index in [0.29, 0.717) is 13.2 Å². The second-order valence-electron chi connectivity index (χ2n) is 5.36. The summed E-state index contributed by atoms with van der Waals surface area (Å²) >= 11 is 0. The van der Waals surface area contributed by atoms with Crippen molar-refractivity contribution in [2.75, 3.05) is 13.2 Å². The van der Waals surface area contributed by atoms with Crippen LogP contribution in [0.4, 0.5) is 0 Å². The van der Waals surface area contributed by atoms with Crippen molar-refractivity contribution in [2.45, 2.75) is 26.1 Å². The highest BCUT2D eigenvalue weighted by Crippen LogP contribution is 2.07. The van der Waals surface area contributed by atoms with Gasteiger partial charge < -0.3 is 14.2 Å². The molecule has 25 heavy (non-hydrogen) atoms. The van der Waals surface area contributed by atoms with E-state index in [9.17, 15) is 9.59 Å². The number of carbonyl (C=O) groups excluding carboxylic acids is 2. The van der Waals surface area contributed by atoms with Crippen LogP contribution in [0.5, 0.6) is 0 Å². The highest BCUT2D eigenvalue weighted by atomic mass is 16.5. The van der Waals surface area contributed by atoms with Crippen LogP contribution in [-0.4, -0.2) is 31.3 Å². The van der Waals surface area contributed by atoms with Crippen molar-refractivity contribution in [3.63, 3.8) is 0 Å². The smallest absolute Gasteiger partial charge is 0.384 e. The molecule has 1 aliphatic heterocycles. The molecule has 0 unspecified atom stereocenters. The van der Waals surface area contributed by atoms with Gasteiger partial charge >= 0.3 is 11.9 Å². The molecule has 0 saturated carbocycles. The second kappa shape index (κ2) is 10.1. The largest absolute Gasteiger partial charge is 0.451 e. The van der Waals surface area contributed by atoms with Crippen LogP contribution in [-0.2, 0) is 30.4 Å². The van der Waals surface area contributed by atoms with E-state index in [1.165, 1.54) is 6.08 Å². The van der Waals surface area contributed by atoms with Crippen LogP contribution >= 0.6 is 0 Å². The van der Waals surface area contributed by atoms with E-state index in [4.69, 9.17) is 14.2 Å². The third-order valence-electron chi connectivity index (χ3n) is 3.25. The van der Waals surface area contributed by atoms with Crippen molar-refractivity contribution in [2.24, 2.45) is 0 Å². The van der Waals surface area contributed by atoms with Gasteiger partial charge in [0.05, 0.1) is 13.2 Å². The molecule has 1 atom stereocenters. The Bertz CT molecular complexity index is 707. The van der Waals surface area contributed by atoms with Crippen LogP contribution in [0.3, 0.4) is 0 Å². The Hall–Kier alpha value is -2.84. The number of rotatable bonds is 5. The fourth-order valence-electron chi connectivity index (χ4n) is 2.03. The number of benzene rings is 1. The third kappa shape index (κ3) is 7.51. The van der Waals surface area contributed by atoms with E-state index >= 15 is 0 Å². The van der Waals surface area contributed by atoms with E-state index < -0.39 is 18.0 Å². The fourth-order valence-corrected chi connectivity index (χ4v) is 2.03. The van der Waals surface area contributed by atoms with Gasteiger partial charge in [0.2, 0.25) is 0 Å². The highest BCUT2D eigenvalue weighted by Gasteiger charge is 2.06. The summed E-state index contributed by atoms with van der Waals surface area (Å²) in [6.45, 7) is 2.94. The van der Waals surface area contributed by atoms with Crippen molar-refractivity contribution in [1.29, 1.82) is 0 Å². The molecule has 130 valence electrons. The van der Waals surface area contributed by atoms with Gasteiger partial charge in [0.15, 0.2) is 6.10 Å². The summed E-state index contributed by atoms with van der Waals surface area (Å²) in [6.07, 6.45) is 5.13. The summed E-state index contributed by atoms with van der Waals surface area (Å²) in [6, 6.07) is 9.31. The Morgan fingerprint density at radius 1 is 1.32 bits per heavy atom. The molecule has 2 rings (SSSR count). The molecule has 1 heterocycles. The van der Waals surface area contributed by atoms with Gasteiger partial charge in [-0.05, 0) is 36.5 Å². The summed E-state index contributed by atoms with van der Waals surface area (Å²) in [7, 11) is 0. The summed E-state index contributed by atoms with van der Waals surface area (Å²) in [5.41, 5.74) is 1.81. The quantitative estimate of drug-likeness (QED) is 0.357. The minimum Gasteiger partial charge on any atom is -0.451 e. The minimum atomic E-state index is -0.710. The van der Waals surface area contributed by atoms with Gasteiger partial charge in [-0.2, -0.15) is 0 Å². The molecule has 1 aromatic carbocycles. The number of ether oxygens (including phenoxy) is 3. The topological polar surface area (TPSA) is 61.8 Å². The van der Waals surface area contributed by atoms with E-state index in [0.717, 1.165) is 17.6 Å². The maximum absolute atomic E-state index is 11.7. The lowest BCUT2D eigenvalue weighted by Crippen LogP contribution is -2.12. The molecule has 0 spiro atoms. The maximum Gasteiger partial charge on any atom is 0.384 e. The molecule has 0 saturated heterocycles. The van der Waals surface area contributed by atoms with Crippen molar-refractivity contribution >= 4 is 11.9 Å². The van der Waals surface area contributed by atoms with Crippen molar-refractivity contribution in [3.8, 4) is 11.8 Å².